The Morgan fingerprint density at radius 3 is 2.87 bits per heavy atom. The van der Waals surface area contributed by atoms with Crippen molar-refractivity contribution in [2.24, 2.45) is 5.92 Å². The SMILES string of the molecule is C[C@@H](NCc1cccc(Cl)c1)C1CCC1. The van der Waals surface area contributed by atoms with Crippen LogP contribution in [0.1, 0.15) is 31.7 Å². The van der Waals surface area contributed by atoms with Crippen LogP contribution in [0.4, 0.5) is 0 Å². The highest BCUT2D eigenvalue weighted by Crippen LogP contribution is 2.29. The van der Waals surface area contributed by atoms with Gasteiger partial charge in [0, 0.05) is 17.6 Å². The molecule has 1 nitrogen and oxygen atoms in total. The third-order valence-electron chi connectivity index (χ3n) is 3.37. The first kappa shape index (κ1) is 11.0. The van der Waals surface area contributed by atoms with E-state index < -0.39 is 0 Å². The van der Waals surface area contributed by atoms with E-state index in [1.165, 1.54) is 24.8 Å². The summed E-state index contributed by atoms with van der Waals surface area (Å²) < 4.78 is 0. The first-order valence-electron chi connectivity index (χ1n) is 5.73. The second-order valence-corrected chi connectivity index (χ2v) is 4.93. The van der Waals surface area contributed by atoms with Crippen molar-refractivity contribution >= 4 is 11.6 Å². The van der Waals surface area contributed by atoms with Crippen LogP contribution in [0.5, 0.6) is 0 Å². The van der Waals surface area contributed by atoms with Gasteiger partial charge in [-0.1, -0.05) is 30.2 Å². The average Bonchev–Trinajstić information content (AvgIpc) is 2.12. The van der Waals surface area contributed by atoms with Crippen molar-refractivity contribution in [1.29, 1.82) is 0 Å². The van der Waals surface area contributed by atoms with E-state index in [1.54, 1.807) is 0 Å². The van der Waals surface area contributed by atoms with E-state index in [1.807, 2.05) is 18.2 Å². The van der Waals surface area contributed by atoms with Gasteiger partial charge in [0.2, 0.25) is 0 Å². The Labute approximate surface area is 96.8 Å². The molecular weight excluding hydrogens is 206 g/mol. The fraction of sp³-hybridized carbons (Fsp3) is 0.538. The smallest absolute Gasteiger partial charge is 0.0409 e. The summed E-state index contributed by atoms with van der Waals surface area (Å²) in [5.74, 6) is 0.893. The molecule has 0 heterocycles. The van der Waals surface area contributed by atoms with Crippen LogP contribution in [0.15, 0.2) is 24.3 Å². The van der Waals surface area contributed by atoms with Gasteiger partial charge in [-0.05, 0) is 43.4 Å². The summed E-state index contributed by atoms with van der Waals surface area (Å²) in [6.07, 6.45) is 4.20. The molecule has 0 unspecified atom stereocenters. The maximum absolute atomic E-state index is 5.93. The molecule has 0 saturated heterocycles. The van der Waals surface area contributed by atoms with Crippen molar-refractivity contribution in [3.05, 3.63) is 34.9 Å². The monoisotopic (exact) mass is 223 g/mol. The van der Waals surface area contributed by atoms with Crippen LogP contribution in [-0.2, 0) is 6.54 Å². The van der Waals surface area contributed by atoms with E-state index >= 15 is 0 Å². The van der Waals surface area contributed by atoms with Crippen LogP contribution in [0.25, 0.3) is 0 Å². The lowest BCUT2D eigenvalue weighted by Crippen LogP contribution is -2.36. The number of hydrogen-bond acceptors (Lipinski definition) is 1. The zero-order valence-corrected chi connectivity index (χ0v) is 9.93. The molecule has 1 aromatic carbocycles. The molecule has 82 valence electrons. The Hall–Kier alpha value is -0.530. The highest BCUT2D eigenvalue weighted by atomic mass is 35.5. The maximum Gasteiger partial charge on any atom is 0.0409 e. The zero-order valence-electron chi connectivity index (χ0n) is 9.17. The zero-order chi connectivity index (χ0) is 10.7. The van der Waals surface area contributed by atoms with Gasteiger partial charge in [0.05, 0.1) is 0 Å². The third-order valence-corrected chi connectivity index (χ3v) is 3.61. The van der Waals surface area contributed by atoms with Gasteiger partial charge < -0.3 is 5.32 Å². The second-order valence-electron chi connectivity index (χ2n) is 4.49. The Morgan fingerprint density at radius 1 is 1.47 bits per heavy atom. The minimum Gasteiger partial charge on any atom is -0.310 e. The second kappa shape index (κ2) is 5.00. The van der Waals surface area contributed by atoms with Crippen LogP contribution in [0, 0.1) is 5.92 Å². The Bertz CT molecular complexity index is 320. The minimum absolute atomic E-state index is 0.637. The molecule has 1 aliphatic carbocycles. The van der Waals surface area contributed by atoms with E-state index in [0.29, 0.717) is 6.04 Å². The van der Waals surface area contributed by atoms with Crippen molar-refractivity contribution < 1.29 is 0 Å². The Kier molecular flexibility index (Phi) is 3.66. The Morgan fingerprint density at radius 2 is 2.27 bits per heavy atom. The average molecular weight is 224 g/mol. The third kappa shape index (κ3) is 2.96. The minimum atomic E-state index is 0.637. The van der Waals surface area contributed by atoms with Gasteiger partial charge in [-0.3, -0.25) is 0 Å². The number of benzene rings is 1. The molecule has 0 radical (unpaired) electrons. The van der Waals surface area contributed by atoms with Gasteiger partial charge in [0.25, 0.3) is 0 Å². The summed E-state index contributed by atoms with van der Waals surface area (Å²) in [6.45, 7) is 3.21. The summed E-state index contributed by atoms with van der Waals surface area (Å²) in [6, 6.07) is 8.71. The molecule has 0 amide bonds. The highest BCUT2D eigenvalue weighted by molar-refractivity contribution is 6.30. The van der Waals surface area contributed by atoms with Crippen LogP contribution >= 0.6 is 11.6 Å². The topological polar surface area (TPSA) is 12.0 Å². The van der Waals surface area contributed by atoms with Gasteiger partial charge in [-0.2, -0.15) is 0 Å². The molecule has 1 fully saturated rings. The number of halogens is 1. The fourth-order valence-corrected chi connectivity index (χ4v) is 2.25. The van der Waals surface area contributed by atoms with Crippen molar-refractivity contribution in [3.8, 4) is 0 Å². The van der Waals surface area contributed by atoms with Gasteiger partial charge >= 0.3 is 0 Å². The quantitative estimate of drug-likeness (QED) is 0.822. The van der Waals surface area contributed by atoms with Crippen LogP contribution in [0.2, 0.25) is 5.02 Å². The predicted octanol–water partition coefficient (Wildman–Crippen LogP) is 3.62. The predicted molar refractivity (Wildman–Crippen MR) is 65.1 cm³/mol. The molecule has 1 saturated carbocycles. The lowest BCUT2D eigenvalue weighted by atomic mass is 9.80. The molecule has 0 spiro atoms. The molecule has 2 rings (SSSR count). The molecule has 1 atom stereocenters. The molecule has 2 heteroatoms. The molecule has 1 aliphatic rings. The number of nitrogens with one attached hydrogen (secondary N) is 1. The fourth-order valence-electron chi connectivity index (χ4n) is 2.03. The molecule has 0 aliphatic heterocycles. The van der Waals surface area contributed by atoms with E-state index in [0.717, 1.165) is 17.5 Å². The number of rotatable bonds is 4. The number of hydrogen-bond donors (Lipinski definition) is 1. The first-order chi connectivity index (χ1) is 7.25. The normalized spacial score (nSPS) is 18.5. The molecule has 1 N–H and O–H groups in total. The van der Waals surface area contributed by atoms with Crippen molar-refractivity contribution in [2.75, 3.05) is 0 Å². The Balaban J connectivity index is 1.81. The van der Waals surface area contributed by atoms with E-state index in [4.69, 9.17) is 11.6 Å². The van der Waals surface area contributed by atoms with E-state index in [9.17, 15) is 0 Å². The van der Waals surface area contributed by atoms with Gasteiger partial charge in [0.1, 0.15) is 0 Å². The van der Waals surface area contributed by atoms with Crippen molar-refractivity contribution in [2.45, 2.75) is 38.8 Å². The molecule has 15 heavy (non-hydrogen) atoms. The summed E-state index contributed by atoms with van der Waals surface area (Å²) in [5, 5.41) is 4.39. The molecular formula is C13H18ClN. The summed E-state index contributed by atoms with van der Waals surface area (Å²) in [4.78, 5) is 0. The standard InChI is InChI=1S/C13H18ClN/c1-10(12-5-3-6-12)15-9-11-4-2-7-13(14)8-11/h2,4,7-8,10,12,15H,3,5-6,9H2,1H3/t10-/m1/s1. The first-order valence-corrected chi connectivity index (χ1v) is 6.11. The van der Waals surface area contributed by atoms with Gasteiger partial charge in [0.15, 0.2) is 0 Å². The molecule has 1 aromatic rings. The summed E-state index contributed by atoms with van der Waals surface area (Å²) in [5.41, 5.74) is 1.27. The largest absolute Gasteiger partial charge is 0.310 e. The molecule has 0 aromatic heterocycles. The van der Waals surface area contributed by atoms with Gasteiger partial charge in [-0.25, -0.2) is 0 Å². The van der Waals surface area contributed by atoms with E-state index in [2.05, 4.69) is 18.3 Å². The van der Waals surface area contributed by atoms with E-state index in [-0.39, 0.29) is 0 Å². The lowest BCUT2D eigenvalue weighted by Gasteiger charge is -2.32. The van der Waals surface area contributed by atoms with Crippen LogP contribution in [-0.4, -0.2) is 6.04 Å². The van der Waals surface area contributed by atoms with Crippen LogP contribution < -0.4 is 5.32 Å². The summed E-state index contributed by atoms with van der Waals surface area (Å²) in [7, 11) is 0. The summed E-state index contributed by atoms with van der Waals surface area (Å²) >= 11 is 5.93. The van der Waals surface area contributed by atoms with Crippen LogP contribution in [0.3, 0.4) is 0 Å². The highest BCUT2D eigenvalue weighted by Gasteiger charge is 2.23. The molecule has 0 bridgehead atoms. The van der Waals surface area contributed by atoms with Gasteiger partial charge in [-0.15, -0.1) is 0 Å². The van der Waals surface area contributed by atoms with Crippen molar-refractivity contribution in [3.63, 3.8) is 0 Å². The maximum atomic E-state index is 5.93. The van der Waals surface area contributed by atoms with Crippen molar-refractivity contribution in [1.82, 2.24) is 5.32 Å². The lowest BCUT2D eigenvalue weighted by molar-refractivity contribution is 0.240.